The third kappa shape index (κ3) is 3.81. The third-order valence-electron chi connectivity index (χ3n) is 2.06. The summed E-state index contributed by atoms with van der Waals surface area (Å²) in [5, 5.41) is -0.763. The Morgan fingerprint density at radius 3 is 2.75 bits per heavy atom. The van der Waals surface area contributed by atoms with Crippen molar-refractivity contribution >= 4 is 17.6 Å². The van der Waals surface area contributed by atoms with E-state index in [0.717, 1.165) is 5.56 Å². The third-order valence-corrected chi connectivity index (χ3v) is 2.39. The molecule has 0 bridgehead atoms. The SMILES string of the molecule is CCOC(=O)C(Cl)Cc1cc(C)cc(F)c1. The Hall–Kier alpha value is -1.09. The minimum Gasteiger partial charge on any atom is -0.465 e. The first kappa shape index (κ1) is 13.0. The van der Waals surface area contributed by atoms with E-state index >= 15 is 0 Å². The van der Waals surface area contributed by atoms with Crippen molar-refractivity contribution in [2.75, 3.05) is 6.61 Å². The lowest BCUT2D eigenvalue weighted by Crippen LogP contribution is -2.20. The largest absolute Gasteiger partial charge is 0.465 e. The Morgan fingerprint density at radius 1 is 1.50 bits per heavy atom. The molecule has 1 aromatic carbocycles. The second kappa shape index (κ2) is 5.85. The molecule has 88 valence electrons. The lowest BCUT2D eigenvalue weighted by atomic mass is 10.1. The summed E-state index contributed by atoms with van der Waals surface area (Å²) in [7, 11) is 0. The van der Waals surface area contributed by atoms with E-state index in [9.17, 15) is 9.18 Å². The molecule has 2 nitrogen and oxygen atoms in total. The maximum absolute atomic E-state index is 13.1. The van der Waals surface area contributed by atoms with Crippen LogP contribution in [0.25, 0.3) is 0 Å². The van der Waals surface area contributed by atoms with Gasteiger partial charge in [0, 0.05) is 0 Å². The van der Waals surface area contributed by atoms with Crippen LogP contribution < -0.4 is 0 Å². The summed E-state index contributed by atoms with van der Waals surface area (Å²) in [6, 6.07) is 4.61. The van der Waals surface area contributed by atoms with Gasteiger partial charge in [0.05, 0.1) is 6.61 Å². The topological polar surface area (TPSA) is 26.3 Å². The Bertz CT molecular complexity index is 359. The van der Waals surface area contributed by atoms with Gasteiger partial charge in [0.25, 0.3) is 0 Å². The van der Waals surface area contributed by atoms with Crippen LogP contribution in [0.1, 0.15) is 18.1 Å². The van der Waals surface area contributed by atoms with Crippen molar-refractivity contribution in [1.82, 2.24) is 0 Å². The van der Waals surface area contributed by atoms with Gasteiger partial charge >= 0.3 is 5.97 Å². The number of esters is 1. The molecular weight excluding hydrogens is 231 g/mol. The number of halogens is 2. The molecule has 0 fully saturated rings. The molecule has 1 rings (SSSR count). The summed E-state index contributed by atoms with van der Waals surface area (Å²) in [6.07, 6.45) is 0.277. The van der Waals surface area contributed by atoms with Crippen LogP contribution in [0.5, 0.6) is 0 Å². The monoisotopic (exact) mass is 244 g/mol. The maximum atomic E-state index is 13.1. The number of carbonyl (C=O) groups excluding carboxylic acids is 1. The van der Waals surface area contributed by atoms with Crippen LogP contribution in [0.2, 0.25) is 0 Å². The van der Waals surface area contributed by atoms with E-state index in [4.69, 9.17) is 16.3 Å². The fraction of sp³-hybridized carbons (Fsp3) is 0.417. The van der Waals surface area contributed by atoms with Crippen molar-refractivity contribution in [3.63, 3.8) is 0 Å². The van der Waals surface area contributed by atoms with Gasteiger partial charge in [0.1, 0.15) is 11.2 Å². The summed E-state index contributed by atoms with van der Waals surface area (Å²) in [6.45, 7) is 3.80. The number of ether oxygens (including phenoxy) is 1. The zero-order valence-electron chi connectivity index (χ0n) is 9.30. The average molecular weight is 245 g/mol. The summed E-state index contributed by atoms with van der Waals surface area (Å²) >= 11 is 5.85. The van der Waals surface area contributed by atoms with E-state index in [1.54, 1.807) is 19.9 Å². The molecular formula is C12H14ClFO2. The van der Waals surface area contributed by atoms with Crippen molar-refractivity contribution in [3.8, 4) is 0 Å². The number of rotatable bonds is 4. The first-order valence-corrected chi connectivity index (χ1v) is 5.53. The van der Waals surface area contributed by atoms with Crippen LogP contribution >= 0.6 is 11.6 Å². The lowest BCUT2D eigenvalue weighted by Gasteiger charge is -2.09. The highest BCUT2D eigenvalue weighted by atomic mass is 35.5. The van der Waals surface area contributed by atoms with Gasteiger partial charge < -0.3 is 4.74 Å². The molecule has 1 aromatic rings. The van der Waals surface area contributed by atoms with Gasteiger partial charge in [-0.25, -0.2) is 4.39 Å². The molecule has 0 aromatic heterocycles. The van der Waals surface area contributed by atoms with Crippen molar-refractivity contribution < 1.29 is 13.9 Å². The van der Waals surface area contributed by atoms with Crippen LogP contribution in [0, 0.1) is 12.7 Å². The molecule has 0 aliphatic rings. The van der Waals surface area contributed by atoms with E-state index in [0.29, 0.717) is 12.2 Å². The van der Waals surface area contributed by atoms with Gasteiger partial charge in [-0.15, -0.1) is 11.6 Å². The lowest BCUT2D eigenvalue weighted by molar-refractivity contribution is -0.142. The van der Waals surface area contributed by atoms with E-state index in [2.05, 4.69) is 0 Å². The quantitative estimate of drug-likeness (QED) is 0.601. The second-order valence-electron chi connectivity index (χ2n) is 3.56. The predicted octanol–water partition coefficient (Wildman–Crippen LogP) is 2.85. The number of carbonyl (C=O) groups is 1. The minimum absolute atomic E-state index is 0.277. The average Bonchev–Trinajstić information content (AvgIpc) is 2.16. The standard InChI is InChI=1S/C12H14ClFO2/c1-3-16-12(15)11(13)7-9-4-8(2)5-10(14)6-9/h4-6,11H,3,7H2,1-2H3. The first-order chi connectivity index (χ1) is 7.52. The highest BCUT2D eigenvalue weighted by Gasteiger charge is 2.17. The molecule has 0 aliphatic heterocycles. The van der Waals surface area contributed by atoms with Crippen molar-refractivity contribution in [2.24, 2.45) is 0 Å². The van der Waals surface area contributed by atoms with Gasteiger partial charge in [-0.1, -0.05) is 6.07 Å². The van der Waals surface area contributed by atoms with E-state index in [-0.39, 0.29) is 12.2 Å². The zero-order valence-corrected chi connectivity index (χ0v) is 10.1. The number of alkyl halides is 1. The van der Waals surface area contributed by atoms with Gasteiger partial charge in [0.15, 0.2) is 0 Å². The Kier molecular flexibility index (Phi) is 4.74. The summed E-state index contributed by atoms with van der Waals surface area (Å²) in [5.41, 5.74) is 1.51. The molecule has 0 N–H and O–H groups in total. The smallest absolute Gasteiger partial charge is 0.324 e. The zero-order chi connectivity index (χ0) is 12.1. The normalized spacial score (nSPS) is 12.2. The molecule has 0 saturated carbocycles. The predicted molar refractivity (Wildman–Crippen MR) is 61.1 cm³/mol. The maximum Gasteiger partial charge on any atom is 0.324 e. The number of hydrogen-bond acceptors (Lipinski definition) is 2. The molecule has 16 heavy (non-hydrogen) atoms. The van der Waals surface area contributed by atoms with Gasteiger partial charge in [0.2, 0.25) is 0 Å². The van der Waals surface area contributed by atoms with E-state index < -0.39 is 11.3 Å². The Balaban J connectivity index is 2.69. The molecule has 0 radical (unpaired) electrons. The highest BCUT2D eigenvalue weighted by Crippen LogP contribution is 2.13. The Labute approximate surface area is 99.4 Å². The van der Waals surface area contributed by atoms with Crippen LogP contribution in [0.3, 0.4) is 0 Å². The van der Waals surface area contributed by atoms with E-state index in [1.807, 2.05) is 0 Å². The van der Waals surface area contributed by atoms with Crippen molar-refractivity contribution in [1.29, 1.82) is 0 Å². The van der Waals surface area contributed by atoms with Crippen molar-refractivity contribution in [2.45, 2.75) is 25.6 Å². The van der Waals surface area contributed by atoms with Crippen LogP contribution in [-0.2, 0) is 16.0 Å². The van der Waals surface area contributed by atoms with Gasteiger partial charge in [-0.3, -0.25) is 4.79 Å². The summed E-state index contributed by atoms with van der Waals surface area (Å²) in [5.74, 6) is -0.784. The summed E-state index contributed by atoms with van der Waals surface area (Å²) in [4.78, 5) is 11.3. The van der Waals surface area contributed by atoms with E-state index in [1.165, 1.54) is 12.1 Å². The fourth-order valence-electron chi connectivity index (χ4n) is 1.45. The molecule has 4 heteroatoms. The number of benzene rings is 1. The Morgan fingerprint density at radius 2 is 2.19 bits per heavy atom. The first-order valence-electron chi connectivity index (χ1n) is 5.09. The molecule has 0 aliphatic carbocycles. The summed E-state index contributed by atoms with van der Waals surface area (Å²) < 4.78 is 17.8. The fourth-order valence-corrected chi connectivity index (χ4v) is 1.69. The van der Waals surface area contributed by atoms with Gasteiger partial charge in [-0.2, -0.15) is 0 Å². The van der Waals surface area contributed by atoms with Crippen LogP contribution in [0.4, 0.5) is 4.39 Å². The molecule has 0 saturated heterocycles. The highest BCUT2D eigenvalue weighted by molar-refractivity contribution is 6.30. The number of aryl methyl sites for hydroxylation is 1. The second-order valence-corrected chi connectivity index (χ2v) is 4.09. The van der Waals surface area contributed by atoms with Crippen molar-refractivity contribution in [3.05, 3.63) is 35.1 Å². The molecule has 1 atom stereocenters. The molecule has 0 amide bonds. The van der Waals surface area contributed by atoms with Crippen LogP contribution in [0.15, 0.2) is 18.2 Å². The molecule has 0 heterocycles. The number of hydrogen-bond donors (Lipinski definition) is 0. The minimum atomic E-state index is -0.763. The van der Waals surface area contributed by atoms with Gasteiger partial charge in [-0.05, 0) is 43.5 Å². The molecule has 1 unspecified atom stereocenters. The van der Waals surface area contributed by atoms with Crippen LogP contribution in [-0.4, -0.2) is 18.0 Å². The molecule has 0 spiro atoms.